The highest BCUT2D eigenvalue weighted by Crippen LogP contribution is 2.27. The average molecular weight is 429 g/mol. The second kappa shape index (κ2) is 10.7. The van der Waals surface area contributed by atoms with Gasteiger partial charge >= 0.3 is 0 Å². The standard InChI is InChI=1S/C26H28N4O2/c31-25(22-12-7-17-30(19-22)26(32)24-18-27-15-16-28-24)29-14-13-23(20-8-3-1-4-9-20)21-10-5-2-6-11-21/h1-6,8-11,15-16,18,22-23H,7,12-14,17,19H2,(H,29,31). The second-order valence-corrected chi connectivity index (χ2v) is 8.13. The van der Waals surface area contributed by atoms with Crippen LogP contribution >= 0.6 is 0 Å². The Bertz CT molecular complexity index is 972. The number of carbonyl (C=O) groups is 2. The van der Waals surface area contributed by atoms with E-state index in [0.29, 0.717) is 25.3 Å². The molecule has 0 aliphatic carbocycles. The normalized spacial score (nSPS) is 16.0. The molecule has 164 valence electrons. The van der Waals surface area contributed by atoms with Crippen LogP contribution in [-0.2, 0) is 4.79 Å². The number of hydrogen-bond acceptors (Lipinski definition) is 4. The predicted octanol–water partition coefficient (Wildman–Crippen LogP) is 3.67. The van der Waals surface area contributed by atoms with E-state index in [4.69, 9.17) is 0 Å². The van der Waals surface area contributed by atoms with Crippen molar-refractivity contribution in [2.24, 2.45) is 5.92 Å². The van der Waals surface area contributed by atoms with Gasteiger partial charge < -0.3 is 10.2 Å². The van der Waals surface area contributed by atoms with E-state index in [1.54, 1.807) is 11.1 Å². The number of piperidine rings is 1. The predicted molar refractivity (Wildman–Crippen MR) is 123 cm³/mol. The monoisotopic (exact) mass is 428 g/mol. The third kappa shape index (κ3) is 5.38. The second-order valence-electron chi connectivity index (χ2n) is 8.13. The van der Waals surface area contributed by atoms with Gasteiger partial charge in [0.25, 0.3) is 5.91 Å². The molecule has 0 spiro atoms. The van der Waals surface area contributed by atoms with Crippen molar-refractivity contribution < 1.29 is 9.59 Å². The molecule has 4 rings (SSSR count). The van der Waals surface area contributed by atoms with Crippen LogP contribution in [0, 0.1) is 5.92 Å². The summed E-state index contributed by atoms with van der Waals surface area (Å²) >= 11 is 0. The number of likely N-dealkylation sites (tertiary alicyclic amines) is 1. The van der Waals surface area contributed by atoms with Crippen LogP contribution in [0.25, 0.3) is 0 Å². The lowest BCUT2D eigenvalue weighted by Crippen LogP contribution is -2.45. The molecular formula is C26H28N4O2. The fraction of sp³-hybridized carbons (Fsp3) is 0.308. The zero-order chi connectivity index (χ0) is 22.2. The fourth-order valence-corrected chi connectivity index (χ4v) is 4.33. The van der Waals surface area contributed by atoms with Gasteiger partial charge in [0.2, 0.25) is 5.91 Å². The lowest BCUT2D eigenvalue weighted by atomic mass is 9.88. The van der Waals surface area contributed by atoms with Crippen LogP contribution in [0.3, 0.4) is 0 Å². The molecule has 1 atom stereocenters. The van der Waals surface area contributed by atoms with Gasteiger partial charge in [0.15, 0.2) is 0 Å². The minimum absolute atomic E-state index is 0.0153. The van der Waals surface area contributed by atoms with E-state index >= 15 is 0 Å². The minimum atomic E-state index is -0.198. The van der Waals surface area contributed by atoms with E-state index < -0.39 is 0 Å². The van der Waals surface area contributed by atoms with Gasteiger partial charge in [-0.05, 0) is 30.4 Å². The van der Waals surface area contributed by atoms with E-state index in [2.05, 4.69) is 63.8 Å². The molecule has 6 nitrogen and oxygen atoms in total. The van der Waals surface area contributed by atoms with E-state index in [-0.39, 0.29) is 23.7 Å². The zero-order valence-electron chi connectivity index (χ0n) is 18.1. The summed E-state index contributed by atoms with van der Waals surface area (Å²) in [5.41, 5.74) is 2.81. The van der Waals surface area contributed by atoms with E-state index in [1.165, 1.54) is 23.5 Å². The molecule has 3 aromatic rings. The Labute approximate surface area is 188 Å². The number of aromatic nitrogens is 2. The summed E-state index contributed by atoms with van der Waals surface area (Å²) in [6, 6.07) is 20.8. The van der Waals surface area contributed by atoms with Crippen LogP contribution in [-0.4, -0.2) is 46.3 Å². The average Bonchev–Trinajstić information content (AvgIpc) is 2.87. The molecule has 2 aromatic carbocycles. The molecule has 1 fully saturated rings. The molecule has 1 aliphatic rings. The maximum Gasteiger partial charge on any atom is 0.274 e. The SMILES string of the molecule is O=C(NCCC(c1ccccc1)c1ccccc1)C1CCCN(C(=O)c2cnccn2)C1. The van der Waals surface area contributed by atoms with Crippen LogP contribution in [0.2, 0.25) is 0 Å². The van der Waals surface area contributed by atoms with Crippen molar-refractivity contribution in [2.45, 2.75) is 25.2 Å². The topological polar surface area (TPSA) is 75.2 Å². The van der Waals surface area contributed by atoms with Crippen molar-refractivity contribution in [3.05, 3.63) is 96.1 Å². The first-order valence-corrected chi connectivity index (χ1v) is 11.2. The highest BCUT2D eigenvalue weighted by Gasteiger charge is 2.29. The number of nitrogens with one attached hydrogen (secondary N) is 1. The first-order chi connectivity index (χ1) is 15.7. The third-order valence-corrected chi connectivity index (χ3v) is 6.00. The molecule has 0 saturated carbocycles. The summed E-state index contributed by atoms with van der Waals surface area (Å²) in [6.07, 6.45) is 6.93. The van der Waals surface area contributed by atoms with Crippen molar-refractivity contribution in [2.75, 3.05) is 19.6 Å². The van der Waals surface area contributed by atoms with Gasteiger partial charge in [-0.2, -0.15) is 0 Å². The van der Waals surface area contributed by atoms with Crippen molar-refractivity contribution in [3.8, 4) is 0 Å². The smallest absolute Gasteiger partial charge is 0.274 e. The molecule has 1 unspecified atom stereocenters. The van der Waals surface area contributed by atoms with E-state index in [0.717, 1.165) is 19.3 Å². The number of hydrogen-bond donors (Lipinski definition) is 1. The highest BCUT2D eigenvalue weighted by molar-refractivity contribution is 5.92. The van der Waals surface area contributed by atoms with Gasteiger partial charge in [0.1, 0.15) is 5.69 Å². The summed E-state index contributed by atoms with van der Waals surface area (Å²) in [6.45, 7) is 1.65. The summed E-state index contributed by atoms with van der Waals surface area (Å²) in [7, 11) is 0. The van der Waals surface area contributed by atoms with Gasteiger partial charge in [0, 0.05) is 37.9 Å². The van der Waals surface area contributed by atoms with Crippen molar-refractivity contribution in [3.63, 3.8) is 0 Å². The van der Waals surface area contributed by atoms with Crippen LogP contribution in [0.15, 0.2) is 79.3 Å². The first-order valence-electron chi connectivity index (χ1n) is 11.2. The molecule has 6 heteroatoms. The van der Waals surface area contributed by atoms with Crippen molar-refractivity contribution in [1.82, 2.24) is 20.2 Å². The molecule has 0 bridgehead atoms. The number of rotatable bonds is 7. The lowest BCUT2D eigenvalue weighted by Gasteiger charge is -2.32. The Balaban J connectivity index is 1.35. The van der Waals surface area contributed by atoms with Crippen molar-refractivity contribution >= 4 is 11.8 Å². The summed E-state index contributed by atoms with van der Waals surface area (Å²) in [4.78, 5) is 35.3. The number of benzene rings is 2. The molecular weight excluding hydrogens is 400 g/mol. The van der Waals surface area contributed by atoms with Gasteiger partial charge in [-0.1, -0.05) is 60.7 Å². The highest BCUT2D eigenvalue weighted by atomic mass is 16.2. The van der Waals surface area contributed by atoms with E-state index in [1.807, 2.05) is 12.1 Å². The number of amides is 2. The zero-order valence-corrected chi connectivity index (χ0v) is 18.1. The minimum Gasteiger partial charge on any atom is -0.356 e. The lowest BCUT2D eigenvalue weighted by molar-refractivity contribution is -0.126. The quantitative estimate of drug-likeness (QED) is 0.623. The molecule has 1 N–H and O–H groups in total. The Morgan fingerprint density at radius 2 is 1.69 bits per heavy atom. The summed E-state index contributed by atoms with van der Waals surface area (Å²) < 4.78 is 0. The Morgan fingerprint density at radius 3 is 2.31 bits per heavy atom. The number of nitrogens with zero attached hydrogens (tertiary/aromatic N) is 3. The Hall–Kier alpha value is -3.54. The maximum absolute atomic E-state index is 12.9. The first kappa shape index (κ1) is 21.7. The Kier molecular flexibility index (Phi) is 7.23. The maximum atomic E-state index is 12.9. The van der Waals surface area contributed by atoms with E-state index in [9.17, 15) is 9.59 Å². The van der Waals surface area contributed by atoms with Crippen LogP contribution in [0.5, 0.6) is 0 Å². The van der Waals surface area contributed by atoms with Gasteiger partial charge in [-0.25, -0.2) is 4.98 Å². The summed E-state index contributed by atoms with van der Waals surface area (Å²) in [5, 5.41) is 3.12. The fourth-order valence-electron chi connectivity index (χ4n) is 4.33. The van der Waals surface area contributed by atoms with Crippen LogP contribution in [0.1, 0.15) is 46.8 Å². The summed E-state index contributed by atoms with van der Waals surface area (Å²) in [5.74, 6) is -0.125. The molecule has 32 heavy (non-hydrogen) atoms. The van der Waals surface area contributed by atoms with Crippen LogP contribution < -0.4 is 5.32 Å². The van der Waals surface area contributed by atoms with Gasteiger partial charge in [-0.3, -0.25) is 14.6 Å². The molecule has 1 aromatic heterocycles. The Morgan fingerprint density at radius 1 is 1.00 bits per heavy atom. The molecule has 2 amide bonds. The van der Waals surface area contributed by atoms with Crippen molar-refractivity contribution in [1.29, 1.82) is 0 Å². The molecule has 0 radical (unpaired) electrons. The van der Waals surface area contributed by atoms with Crippen LogP contribution in [0.4, 0.5) is 0 Å². The number of carbonyl (C=O) groups excluding carboxylic acids is 2. The largest absolute Gasteiger partial charge is 0.356 e. The molecule has 1 aliphatic heterocycles. The van der Waals surface area contributed by atoms with Gasteiger partial charge in [-0.15, -0.1) is 0 Å². The third-order valence-electron chi connectivity index (χ3n) is 6.00. The van der Waals surface area contributed by atoms with Gasteiger partial charge in [0.05, 0.1) is 12.1 Å². The molecule has 1 saturated heterocycles. The molecule has 2 heterocycles.